The molecule has 6 nitrogen and oxygen atoms in total. The first kappa shape index (κ1) is 20.2. The molecular weight excluding hydrogens is 339 g/mol. The number of nitrogens with zero attached hydrogens (tertiary/aromatic N) is 1. The molecule has 0 amide bonds. The highest BCUT2D eigenvalue weighted by Crippen LogP contribution is 2.24. The average Bonchev–Trinajstić information content (AvgIpc) is 2.53. The molecule has 0 saturated carbocycles. The van der Waals surface area contributed by atoms with E-state index in [1.165, 1.54) is 19.1 Å². The van der Waals surface area contributed by atoms with Gasteiger partial charge >= 0.3 is 11.9 Å². The van der Waals surface area contributed by atoms with Crippen molar-refractivity contribution in [2.45, 2.75) is 52.4 Å². The van der Waals surface area contributed by atoms with Gasteiger partial charge < -0.3 is 19.7 Å². The molecule has 7 heteroatoms. The van der Waals surface area contributed by atoms with E-state index < -0.39 is 29.7 Å². The number of anilines is 1. The van der Waals surface area contributed by atoms with Crippen LogP contribution in [0.25, 0.3) is 0 Å². The van der Waals surface area contributed by atoms with Crippen LogP contribution in [0.1, 0.15) is 33.3 Å². The molecule has 1 heterocycles. The number of esters is 2. The number of nitrogens with one attached hydrogen (secondary N) is 1. The number of benzene rings is 1. The number of ether oxygens (including phenoxy) is 2. The zero-order valence-corrected chi connectivity index (χ0v) is 16.0. The van der Waals surface area contributed by atoms with Gasteiger partial charge in [-0.25, -0.2) is 14.0 Å². The number of aryl methyl sites for hydroxylation is 1. The van der Waals surface area contributed by atoms with Gasteiger partial charge in [0.1, 0.15) is 17.5 Å². The maximum absolute atomic E-state index is 13.4. The molecule has 2 atom stereocenters. The van der Waals surface area contributed by atoms with Crippen LogP contribution in [0.15, 0.2) is 18.2 Å². The van der Waals surface area contributed by atoms with Crippen LogP contribution in [-0.4, -0.2) is 49.3 Å². The SMILES string of the molecule is Cc1cc(F)ccc1N1CCNCC1C(=O)O[C@@H](C)C(=O)OC(C)(C)C. The van der Waals surface area contributed by atoms with E-state index in [0.29, 0.717) is 19.6 Å². The fourth-order valence-electron chi connectivity index (χ4n) is 2.83. The van der Waals surface area contributed by atoms with Crippen LogP contribution in [-0.2, 0) is 19.1 Å². The number of carbonyl (C=O) groups excluding carboxylic acids is 2. The van der Waals surface area contributed by atoms with Crippen molar-refractivity contribution in [3.8, 4) is 0 Å². The molecule has 1 N–H and O–H groups in total. The summed E-state index contributed by atoms with van der Waals surface area (Å²) in [6, 6.07) is 3.87. The molecule has 1 aliphatic rings. The van der Waals surface area contributed by atoms with Crippen molar-refractivity contribution in [2.75, 3.05) is 24.5 Å². The second-order valence-electron chi connectivity index (χ2n) is 7.46. The molecule has 0 aromatic heterocycles. The Morgan fingerprint density at radius 1 is 1.35 bits per heavy atom. The van der Waals surface area contributed by atoms with Crippen molar-refractivity contribution >= 4 is 17.6 Å². The quantitative estimate of drug-likeness (QED) is 0.824. The van der Waals surface area contributed by atoms with E-state index in [0.717, 1.165) is 11.3 Å². The fourth-order valence-corrected chi connectivity index (χ4v) is 2.83. The van der Waals surface area contributed by atoms with E-state index in [9.17, 15) is 14.0 Å². The third-order valence-corrected chi connectivity index (χ3v) is 4.02. The van der Waals surface area contributed by atoms with Crippen molar-refractivity contribution in [2.24, 2.45) is 0 Å². The van der Waals surface area contributed by atoms with E-state index in [-0.39, 0.29) is 5.82 Å². The zero-order valence-electron chi connectivity index (χ0n) is 16.0. The molecule has 1 aromatic rings. The van der Waals surface area contributed by atoms with Crippen LogP contribution < -0.4 is 10.2 Å². The van der Waals surface area contributed by atoms with Gasteiger partial charge in [0.15, 0.2) is 6.10 Å². The van der Waals surface area contributed by atoms with Gasteiger partial charge in [-0.3, -0.25) is 0 Å². The summed E-state index contributed by atoms with van der Waals surface area (Å²) in [5, 5.41) is 3.15. The minimum Gasteiger partial charge on any atom is -0.457 e. The number of rotatable bonds is 4. The van der Waals surface area contributed by atoms with Gasteiger partial charge in [0.25, 0.3) is 0 Å². The lowest BCUT2D eigenvalue weighted by Crippen LogP contribution is -2.56. The number of carbonyl (C=O) groups is 2. The van der Waals surface area contributed by atoms with Gasteiger partial charge in [0.2, 0.25) is 0 Å². The summed E-state index contributed by atoms with van der Waals surface area (Å²) in [4.78, 5) is 26.6. The summed E-state index contributed by atoms with van der Waals surface area (Å²) < 4.78 is 24.0. The maximum atomic E-state index is 13.4. The summed E-state index contributed by atoms with van der Waals surface area (Å²) >= 11 is 0. The minimum absolute atomic E-state index is 0.320. The fraction of sp³-hybridized carbons (Fsp3) is 0.579. The molecule has 0 radical (unpaired) electrons. The zero-order chi connectivity index (χ0) is 19.5. The highest BCUT2D eigenvalue weighted by Gasteiger charge is 2.34. The Labute approximate surface area is 153 Å². The van der Waals surface area contributed by atoms with Crippen LogP contribution in [0.3, 0.4) is 0 Å². The van der Waals surface area contributed by atoms with Crippen molar-refractivity contribution in [1.82, 2.24) is 5.32 Å². The summed E-state index contributed by atoms with van der Waals surface area (Å²) in [6.45, 7) is 10.2. The van der Waals surface area contributed by atoms with Crippen LogP contribution in [0.4, 0.5) is 10.1 Å². The van der Waals surface area contributed by atoms with Crippen molar-refractivity contribution in [3.05, 3.63) is 29.6 Å². The second kappa shape index (κ2) is 8.03. The Kier molecular flexibility index (Phi) is 6.23. The van der Waals surface area contributed by atoms with E-state index >= 15 is 0 Å². The smallest absolute Gasteiger partial charge is 0.347 e. The first-order valence-electron chi connectivity index (χ1n) is 8.75. The van der Waals surface area contributed by atoms with Crippen LogP contribution in [0, 0.1) is 12.7 Å². The Hall–Kier alpha value is -2.15. The highest BCUT2D eigenvalue weighted by atomic mass is 19.1. The molecule has 1 fully saturated rings. The Bertz CT molecular complexity index is 672. The maximum Gasteiger partial charge on any atom is 0.347 e. The van der Waals surface area contributed by atoms with E-state index in [4.69, 9.17) is 9.47 Å². The van der Waals surface area contributed by atoms with Crippen molar-refractivity contribution in [3.63, 3.8) is 0 Å². The van der Waals surface area contributed by atoms with E-state index in [1.54, 1.807) is 33.8 Å². The molecule has 26 heavy (non-hydrogen) atoms. The molecule has 1 unspecified atom stereocenters. The standard InChI is InChI=1S/C19H27FN2O4/c1-12-10-14(20)6-7-15(12)22-9-8-21-11-16(22)18(24)25-13(2)17(23)26-19(3,4)5/h6-7,10,13,16,21H,8-9,11H2,1-5H3/t13-,16?/m0/s1. The Balaban J connectivity index is 2.11. The molecule has 0 spiro atoms. The monoisotopic (exact) mass is 366 g/mol. The minimum atomic E-state index is -1.00. The lowest BCUT2D eigenvalue weighted by atomic mass is 10.1. The van der Waals surface area contributed by atoms with Crippen LogP contribution in [0.2, 0.25) is 0 Å². The highest BCUT2D eigenvalue weighted by molar-refractivity contribution is 5.85. The summed E-state index contributed by atoms with van der Waals surface area (Å²) in [6.07, 6.45) is -1.00. The third-order valence-electron chi connectivity index (χ3n) is 4.02. The van der Waals surface area contributed by atoms with Crippen LogP contribution >= 0.6 is 0 Å². The van der Waals surface area contributed by atoms with Gasteiger partial charge in [-0.2, -0.15) is 0 Å². The normalized spacial score (nSPS) is 19.0. The largest absolute Gasteiger partial charge is 0.457 e. The number of halogens is 1. The predicted octanol–water partition coefficient (Wildman–Crippen LogP) is 2.19. The van der Waals surface area contributed by atoms with Gasteiger partial charge in [0.05, 0.1) is 0 Å². The Morgan fingerprint density at radius 2 is 2.04 bits per heavy atom. The molecule has 0 aliphatic carbocycles. The Morgan fingerprint density at radius 3 is 2.65 bits per heavy atom. The van der Waals surface area contributed by atoms with Crippen LogP contribution in [0.5, 0.6) is 0 Å². The number of piperazine rings is 1. The molecule has 0 bridgehead atoms. The summed E-state index contributed by atoms with van der Waals surface area (Å²) in [5.74, 6) is -1.42. The van der Waals surface area contributed by atoms with E-state index in [2.05, 4.69) is 5.32 Å². The predicted molar refractivity (Wildman–Crippen MR) is 96.5 cm³/mol. The number of hydrogen-bond acceptors (Lipinski definition) is 6. The molecule has 2 rings (SSSR count). The lowest BCUT2D eigenvalue weighted by molar-refractivity contribution is -0.175. The first-order chi connectivity index (χ1) is 12.1. The topological polar surface area (TPSA) is 67.9 Å². The first-order valence-corrected chi connectivity index (χ1v) is 8.75. The van der Waals surface area contributed by atoms with Gasteiger partial charge in [-0.05, 0) is 58.4 Å². The van der Waals surface area contributed by atoms with Gasteiger partial charge in [-0.15, -0.1) is 0 Å². The van der Waals surface area contributed by atoms with Crippen molar-refractivity contribution < 1.29 is 23.5 Å². The van der Waals surface area contributed by atoms with E-state index in [1.807, 2.05) is 4.90 Å². The average molecular weight is 366 g/mol. The van der Waals surface area contributed by atoms with Crippen molar-refractivity contribution in [1.29, 1.82) is 0 Å². The second-order valence-corrected chi connectivity index (χ2v) is 7.46. The number of hydrogen-bond donors (Lipinski definition) is 1. The van der Waals surface area contributed by atoms with Gasteiger partial charge in [-0.1, -0.05) is 0 Å². The summed E-state index contributed by atoms with van der Waals surface area (Å²) in [5.41, 5.74) is 0.867. The molecular formula is C19H27FN2O4. The lowest BCUT2D eigenvalue weighted by Gasteiger charge is -2.37. The molecule has 1 aliphatic heterocycles. The van der Waals surface area contributed by atoms with Gasteiger partial charge in [0, 0.05) is 25.3 Å². The molecule has 144 valence electrons. The molecule has 1 aromatic carbocycles. The molecule has 1 saturated heterocycles. The summed E-state index contributed by atoms with van der Waals surface area (Å²) in [7, 11) is 0. The third kappa shape index (κ3) is 5.17.